The standard InChI is InChI=1S/C13H28N2O/c1-4-16-10-9-15(3)13(11-14)7-5-12(2)6-8-13/h12H,4-11,14H2,1-3H3. The van der Waals surface area contributed by atoms with Gasteiger partial charge in [-0.25, -0.2) is 0 Å². The van der Waals surface area contributed by atoms with E-state index in [4.69, 9.17) is 10.5 Å². The Labute approximate surface area is 100 Å². The maximum Gasteiger partial charge on any atom is 0.0593 e. The Kier molecular flexibility index (Phi) is 5.73. The summed E-state index contributed by atoms with van der Waals surface area (Å²) < 4.78 is 5.42. The number of likely N-dealkylation sites (N-methyl/N-ethyl adjacent to an activating group) is 1. The molecule has 1 saturated carbocycles. The number of nitrogens with zero attached hydrogens (tertiary/aromatic N) is 1. The summed E-state index contributed by atoms with van der Waals surface area (Å²) in [6, 6.07) is 0. The molecule has 1 aliphatic carbocycles. The lowest BCUT2D eigenvalue weighted by Crippen LogP contribution is -2.54. The summed E-state index contributed by atoms with van der Waals surface area (Å²) in [5.74, 6) is 0.875. The first kappa shape index (κ1) is 13.9. The van der Waals surface area contributed by atoms with E-state index in [1.807, 2.05) is 6.92 Å². The van der Waals surface area contributed by atoms with Gasteiger partial charge in [-0.05, 0) is 45.6 Å². The molecule has 2 N–H and O–H groups in total. The third-order valence-electron chi connectivity index (χ3n) is 4.17. The van der Waals surface area contributed by atoms with E-state index in [2.05, 4.69) is 18.9 Å². The van der Waals surface area contributed by atoms with Gasteiger partial charge in [-0.15, -0.1) is 0 Å². The second-order valence-corrected chi connectivity index (χ2v) is 5.23. The highest BCUT2D eigenvalue weighted by Crippen LogP contribution is 2.34. The van der Waals surface area contributed by atoms with E-state index in [0.29, 0.717) is 0 Å². The molecule has 3 nitrogen and oxygen atoms in total. The van der Waals surface area contributed by atoms with E-state index >= 15 is 0 Å². The van der Waals surface area contributed by atoms with Crippen molar-refractivity contribution in [1.29, 1.82) is 0 Å². The minimum absolute atomic E-state index is 0.240. The molecule has 0 bridgehead atoms. The average Bonchev–Trinajstić information content (AvgIpc) is 2.31. The molecule has 0 saturated heterocycles. The van der Waals surface area contributed by atoms with Crippen molar-refractivity contribution in [2.75, 3.05) is 33.4 Å². The number of rotatable bonds is 6. The fourth-order valence-electron chi connectivity index (χ4n) is 2.62. The smallest absolute Gasteiger partial charge is 0.0593 e. The van der Waals surface area contributed by atoms with Crippen LogP contribution in [0.2, 0.25) is 0 Å². The molecular weight excluding hydrogens is 200 g/mol. The van der Waals surface area contributed by atoms with Gasteiger partial charge >= 0.3 is 0 Å². The maximum atomic E-state index is 6.01. The highest BCUT2D eigenvalue weighted by Gasteiger charge is 2.36. The topological polar surface area (TPSA) is 38.5 Å². The lowest BCUT2D eigenvalue weighted by atomic mass is 9.76. The van der Waals surface area contributed by atoms with Crippen molar-refractivity contribution < 1.29 is 4.74 Å². The minimum atomic E-state index is 0.240. The van der Waals surface area contributed by atoms with Crippen LogP contribution in [-0.4, -0.2) is 43.8 Å². The van der Waals surface area contributed by atoms with Crippen molar-refractivity contribution in [3.8, 4) is 0 Å². The minimum Gasteiger partial charge on any atom is -0.380 e. The van der Waals surface area contributed by atoms with Gasteiger partial charge in [0.15, 0.2) is 0 Å². The first-order valence-electron chi connectivity index (χ1n) is 6.63. The molecule has 3 heteroatoms. The Bertz CT molecular complexity index is 188. The third-order valence-corrected chi connectivity index (χ3v) is 4.17. The van der Waals surface area contributed by atoms with Crippen molar-refractivity contribution in [2.24, 2.45) is 11.7 Å². The van der Waals surface area contributed by atoms with Crippen LogP contribution in [0.4, 0.5) is 0 Å². The number of hydrogen-bond donors (Lipinski definition) is 1. The number of nitrogens with two attached hydrogens (primary N) is 1. The van der Waals surface area contributed by atoms with Gasteiger partial charge in [-0.1, -0.05) is 6.92 Å². The Hall–Kier alpha value is -0.120. The molecule has 0 spiro atoms. The van der Waals surface area contributed by atoms with Gasteiger partial charge in [0.2, 0.25) is 0 Å². The van der Waals surface area contributed by atoms with Crippen LogP contribution < -0.4 is 5.73 Å². The van der Waals surface area contributed by atoms with Gasteiger partial charge in [0.1, 0.15) is 0 Å². The summed E-state index contributed by atoms with van der Waals surface area (Å²) in [5.41, 5.74) is 6.25. The van der Waals surface area contributed by atoms with Crippen molar-refractivity contribution in [1.82, 2.24) is 4.90 Å². The average molecular weight is 228 g/mol. The zero-order valence-electron chi connectivity index (χ0n) is 11.2. The molecule has 0 aromatic heterocycles. The molecule has 0 amide bonds. The Morgan fingerprint density at radius 2 is 2.00 bits per heavy atom. The van der Waals surface area contributed by atoms with E-state index in [1.165, 1.54) is 25.7 Å². The molecule has 96 valence electrons. The van der Waals surface area contributed by atoms with Crippen LogP contribution in [0.25, 0.3) is 0 Å². The van der Waals surface area contributed by atoms with Gasteiger partial charge in [-0.2, -0.15) is 0 Å². The summed E-state index contributed by atoms with van der Waals surface area (Å²) in [4.78, 5) is 2.43. The summed E-state index contributed by atoms with van der Waals surface area (Å²) in [6.45, 7) is 7.80. The second-order valence-electron chi connectivity index (χ2n) is 5.23. The Morgan fingerprint density at radius 1 is 1.38 bits per heavy atom. The van der Waals surface area contributed by atoms with E-state index in [9.17, 15) is 0 Å². The van der Waals surface area contributed by atoms with Crippen LogP contribution in [0.15, 0.2) is 0 Å². The molecule has 0 aromatic carbocycles. The van der Waals surface area contributed by atoms with Crippen LogP contribution in [0, 0.1) is 5.92 Å². The molecule has 0 heterocycles. The normalized spacial score (nSPS) is 30.9. The molecule has 0 aliphatic heterocycles. The lowest BCUT2D eigenvalue weighted by Gasteiger charge is -2.45. The third kappa shape index (κ3) is 3.44. The van der Waals surface area contributed by atoms with E-state index < -0.39 is 0 Å². The molecule has 16 heavy (non-hydrogen) atoms. The molecule has 0 aromatic rings. The molecule has 0 radical (unpaired) electrons. The van der Waals surface area contributed by atoms with Gasteiger partial charge in [0, 0.05) is 25.2 Å². The van der Waals surface area contributed by atoms with Crippen LogP contribution in [0.5, 0.6) is 0 Å². The summed E-state index contributed by atoms with van der Waals surface area (Å²) >= 11 is 0. The molecule has 1 fully saturated rings. The predicted molar refractivity (Wildman–Crippen MR) is 68.5 cm³/mol. The van der Waals surface area contributed by atoms with Gasteiger partial charge < -0.3 is 10.5 Å². The number of ether oxygens (including phenoxy) is 1. The van der Waals surface area contributed by atoms with Crippen LogP contribution >= 0.6 is 0 Å². The van der Waals surface area contributed by atoms with Crippen molar-refractivity contribution in [3.63, 3.8) is 0 Å². The Morgan fingerprint density at radius 3 is 2.50 bits per heavy atom. The molecule has 1 aliphatic rings. The van der Waals surface area contributed by atoms with Crippen molar-refractivity contribution in [3.05, 3.63) is 0 Å². The van der Waals surface area contributed by atoms with Crippen molar-refractivity contribution >= 4 is 0 Å². The summed E-state index contributed by atoms with van der Waals surface area (Å²) in [7, 11) is 2.20. The van der Waals surface area contributed by atoms with Crippen LogP contribution in [0.3, 0.4) is 0 Å². The molecule has 0 unspecified atom stereocenters. The Balaban J connectivity index is 2.44. The van der Waals surface area contributed by atoms with Crippen molar-refractivity contribution in [2.45, 2.75) is 45.1 Å². The molecular formula is C13H28N2O. The summed E-state index contributed by atoms with van der Waals surface area (Å²) in [5, 5.41) is 0. The van der Waals surface area contributed by atoms with Gasteiger partial charge in [-0.3, -0.25) is 4.90 Å². The van der Waals surface area contributed by atoms with Gasteiger partial charge in [0.25, 0.3) is 0 Å². The first-order chi connectivity index (χ1) is 7.64. The first-order valence-corrected chi connectivity index (χ1v) is 6.63. The fourth-order valence-corrected chi connectivity index (χ4v) is 2.62. The molecule has 1 rings (SSSR count). The monoisotopic (exact) mass is 228 g/mol. The van der Waals surface area contributed by atoms with Crippen LogP contribution in [0.1, 0.15) is 39.5 Å². The van der Waals surface area contributed by atoms with E-state index in [1.54, 1.807) is 0 Å². The van der Waals surface area contributed by atoms with Crippen LogP contribution in [-0.2, 0) is 4.74 Å². The quantitative estimate of drug-likeness (QED) is 0.705. The highest BCUT2D eigenvalue weighted by molar-refractivity contribution is 4.94. The number of hydrogen-bond acceptors (Lipinski definition) is 3. The zero-order valence-corrected chi connectivity index (χ0v) is 11.2. The van der Waals surface area contributed by atoms with Gasteiger partial charge in [0.05, 0.1) is 6.61 Å². The predicted octanol–water partition coefficient (Wildman–Crippen LogP) is 1.86. The largest absolute Gasteiger partial charge is 0.380 e. The summed E-state index contributed by atoms with van der Waals surface area (Å²) in [6.07, 6.45) is 5.12. The molecule has 0 atom stereocenters. The fraction of sp³-hybridized carbons (Fsp3) is 1.00. The van der Waals surface area contributed by atoms with E-state index in [-0.39, 0.29) is 5.54 Å². The van der Waals surface area contributed by atoms with E-state index in [0.717, 1.165) is 32.2 Å². The second kappa shape index (κ2) is 6.58. The lowest BCUT2D eigenvalue weighted by molar-refractivity contribution is 0.0366. The SMILES string of the molecule is CCOCCN(C)C1(CN)CCC(C)CC1. The zero-order chi connectivity index (χ0) is 12.0. The maximum absolute atomic E-state index is 6.01. The highest BCUT2D eigenvalue weighted by atomic mass is 16.5.